The van der Waals surface area contributed by atoms with Crippen LogP contribution in [0.15, 0.2) is 48.7 Å². The van der Waals surface area contributed by atoms with E-state index in [1.807, 2.05) is 42.5 Å². The highest BCUT2D eigenvalue weighted by molar-refractivity contribution is 6.11. The summed E-state index contributed by atoms with van der Waals surface area (Å²) < 4.78 is 0. The second kappa shape index (κ2) is 4.00. The molecule has 2 heterocycles. The van der Waals surface area contributed by atoms with E-state index in [2.05, 4.69) is 9.97 Å². The Bertz CT molecular complexity index is 716. The number of aromatic nitrogens is 2. The number of nitrogens with two attached hydrogens (primary N) is 1. The molecule has 88 valence electrons. The summed E-state index contributed by atoms with van der Waals surface area (Å²) in [6.45, 7) is 0. The molecule has 4 nitrogen and oxygen atoms in total. The van der Waals surface area contributed by atoms with Crippen molar-refractivity contribution in [3.8, 4) is 11.4 Å². The number of primary amides is 1. The average Bonchev–Trinajstić information content (AvgIpc) is 2.79. The number of para-hydroxylation sites is 1. The maximum atomic E-state index is 11.6. The van der Waals surface area contributed by atoms with Crippen molar-refractivity contribution in [1.82, 2.24) is 9.97 Å². The van der Waals surface area contributed by atoms with Crippen LogP contribution in [-0.4, -0.2) is 15.9 Å². The van der Waals surface area contributed by atoms with Gasteiger partial charge in [0, 0.05) is 17.1 Å². The van der Waals surface area contributed by atoms with Gasteiger partial charge in [-0.3, -0.25) is 9.78 Å². The SMILES string of the molecule is NC(=O)c1c(-c2ccccn2)[nH]c2ccccc12. The van der Waals surface area contributed by atoms with E-state index in [4.69, 9.17) is 5.73 Å². The van der Waals surface area contributed by atoms with E-state index in [0.717, 1.165) is 10.9 Å². The Hall–Kier alpha value is -2.62. The molecule has 0 aliphatic heterocycles. The zero-order chi connectivity index (χ0) is 12.5. The van der Waals surface area contributed by atoms with Crippen molar-refractivity contribution >= 4 is 16.8 Å². The van der Waals surface area contributed by atoms with Crippen LogP contribution in [0.4, 0.5) is 0 Å². The Labute approximate surface area is 103 Å². The first-order valence-corrected chi connectivity index (χ1v) is 5.59. The predicted molar refractivity (Wildman–Crippen MR) is 70.0 cm³/mol. The van der Waals surface area contributed by atoms with Crippen molar-refractivity contribution in [1.29, 1.82) is 0 Å². The highest BCUT2D eigenvalue weighted by Crippen LogP contribution is 2.28. The van der Waals surface area contributed by atoms with Crippen LogP contribution >= 0.6 is 0 Å². The summed E-state index contributed by atoms with van der Waals surface area (Å²) in [7, 11) is 0. The van der Waals surface area contributed by atoms with Gasteiger partial charge in [0.2, 0.25) is 0 Å². The molecule has 3 rings (SSSR count). The number of fused-ring (bicyclic) bond motifs is 1. The molecule has 0 radical (unpaired) electrons. The number of aromatic amines is 1. The number of carbonyl (C=O) groups excluding carboxylic acids is 1. The van der Waals surface area contributed by atoms with Gasteiger partial charge in [0.05, 0.1) is 17.0 Å². The van der Waals surface area contributed by atoms with Crippen LogP contribution in [0.5, 0.6) is 0 Å². The number of hydrogen-bond donors (Lipinski definition) is 2. The van der Waals surface area contributed by atoms with E-state index in [-0.39, 0.29) is 0 Å². The normalized spacial score (nSPS) is 10.7. The summed E-state index contributed by atoms with van der Waals surface area (Å²) in [5.41, 5.74) is 8.23. The summed E-state index contributed by atoms with van der Waals surface area (Å²) in [6, 6.07) is 13.1. The standard InChI is InChI=1S/C14H11N3O/c15-14(18)12-9-5-1-2-6-10(9)17-13(12)11-7-3-4-8-16-11/h1-8,17H,(H2,15,18). The van der Waals surface area contributed by atoms with E-state index < -0.39 is 5.91 Å². The van der Waals surface area contributed by atoms with Crippen molar-refractivity contribution in [2.24, 2.45) is 5.73 Å². The molecule has 4 heteroatoms. The van der Waals surface area contributed by atoms with E-state index >= 15 is 0 Å². The second-order valence-electron chi connectivity index (χ2n) is 4.00. The molecule has 0 saturated heterocycles. The summed E-state index contributed by atoms with van der Waals surface area (Å²) in [6.07, 6.45) is 1.69. The molecule has 0 fully saturated rings. The second-order valence-corrected chi connectivity index (χ2v) is 4.00. The van der Waals surface area contributed by atoms with Gasteiger partial charge in [0.1, 0.15) is 0 Å². The van der Waals surface area contributed by atoms with Crippen molar-refractivity contribution < 1.29 is 4.79 Å². The monoisotopic (exact) mass is 237 g/mol. The van der Waals surface area contributed by atoms with Gasteiger partial charge in [0.25, 0.3) is 5.91 Å². The zero-order valence-electron chi connectivity index (χ0n) is 9.55. The quantitative estimate of drug-likeness (QED) is 0.718. The fraction of sp³-hybridized carbons (Fsp3) is 0. The van der Waals surface area contributed by atoms with Crippen LogP contribution in [0.2, 0.25) is 0 Å². The fourth-order valence-electron chi connectivity index (χ4n) is 2.10. The van der Waals surface area contributed by atoms with Gasteiger partial charge < -0.3 is 10.7 Å². The summed E-state index contributed by atoms with van der Waals surface area (Å²) >= 11 is 0. The number of pyridine rings is 1. The molecule has 2 aromatic heterocycles. The summed E-state index contributed by atoms with van der Waals surface area (Å²) in [4.78, 5) is 19.1. The Morgan fingerprint density at radius 2 is 1.89 bits per heavy atom. The van der Waals surface area contributed by atoms with Crippen LogP contribution < -0.4 is 5.73 Å². The highest BCUT2D eigenvalue weighted by atomic mass is 16.1. The molecule has 3 aromatic rings. The Morgan fingerprint density at radius 3 is 2.61 bits per heavy atom. The molecule has 0 aliphatic carbocycles. The minimum atomic E-state index is -0.451. The minimum absolute atomic E-state index is 0.451. The van der Waals surface area contributed by atoms with Gasteiger partial charge in [-0.15, -0.1) is 0 Å². The number of nitrogens with one attached hydrogen (secondary N) is 1. The molecule has 0 unspecified atom stereocenters. The van der Waals surface area contributed by atoms with Gasteiger partial charge in [-0.25, -0.2) is 0 Å². The molecular formula is C14H11N3O. The predicted octanol–water partition coefficient (Wildman–Crippen LogP) is 2.33. The lowest BCUT2D eigenvalue weighted by Crippen LogP contribution is -2.11. The third-order valence-corrected chi connectivity index (χ3v) is 2.87. The molecule has 3 N–H and O–H groups in total. The van der Waals surface area contributed by atoms with Crippen molar-refractivity contribution in [2.45, 2.75) is 0 Å². The lowest BCUT2D eigenvalue weighted by molar-refractivity contribution is 0.100. The zero-order valence-corrected chi connectivity index (χ0v) is 9.55. The molecule has 1 amide bonds. The van der Waals surface area contributed by atoms with Crippen LogP contribution in [0.25, 0.3) is 22.3 Å². The fourth-order valence-corrected chi connectivity index (χ4v) is 2.10. The first kappa shape index (κ1) is 10.5. The number of carbonyl (C=O) groups is 1. The average molecular weight is 237 g/mol. The lowest BCUT2D eigenvalue weighted by atomic mass is 10.1. The smallest absolute Gasteiger partial charge is 0.251 e. The van der Waals surface area contributed by atoms with Crippen LogP contribution in [0.1, 0.15) is 10.4 Å². The molecule has 0 atom stereocenters. The largest absolute Gasteiger partial charge is 0.366 e. The van der Waals surface area contributed by atoms with Crippen LogP contribution in [0, 0.1) is 0 Å². The maximum Gasteiger partial charge on any atom is 0.251 e. The Morgan fingerprint density at radius 1 is 1.11 bits per heavy atom. The van der Waals surface area contributed by atoms with E-state index in [0.29, 0.717) is 17.0 Å². The number of H-pyrrole nitrogens is 1. The highest BCUT2D eigenvalue weighted by Gasteiger charge is 2.17. The Kier molecular flexibility index (Phi) is 2.34. The third kappa shape index (κ3) is 1.55. The van der Waals surface area contributed by atoms with E-state index in [1.165, 1.54) is 0 Å². The molecule has 0 aliphatic rings. The number of hydrogen-bond acceptors (Lipinski definition) is 2. The van der Waals surface area contributed by atoms with Crippen molar-refractivity contribution in [3.63, 3.8) is 0 Å². The third-order valence-electron chi connectivity index (χ3n) is 2.87. The maximum absolute atomic E-state index is 11.6. The number of rotatable bonds is 2. The minimum Gasteiger partial charge on any atom is -0.366 e. The molecule has 0 spiro atoms. The van der Waals surface area contributed by atoms with Crippen molar-refractivity contribution in [3.05, 3.63) is 54.2 Å². The number of nitrogens with zero attached hydrogens (tertiary/aromatic N) is 1. The Balaban J connectivity index is 2.36. The van der Waals surface area contributed by atoms with Crippen LogP contribution in [-0.2, 0) is 0 Å². The molecule has 1 aromatic carbocycles. The molecule has 18 heavy (non-hydrogen) atoms. The van der Waals surface area contributed by atoms with Gasteiger partial charge >= 0.3 is 0 Å². The molecule has 0 bridgehead atoms. The first-order chi connectivity index (χ1) is 8.77. The van der Waals surface area contributed by atoms with Gasteiger partial charge in [0.15, 0.2) is 0 Å². The van der Waals surface area contributed by atoms with Gasteiger partial charge in [-0.05, 0) is 18.2 Å². The number of benzene rings is 1. The van der Waals surface area contributed by atoms with E-state index in [9.17, 15) is 4.79 Å². The molecular weight excluding hydrogens is 226 g/mol. The topological polar surface area (TPSA) is 71.8 Å². The van der Waals surface area contributed by atoms with Gasteiger partial charge in [-0.2, -0.15) is 0 Å². The summed E-state index contributed by atoms with van der Waals surface area (Å²) in [5.74, 6) is -0.451. The van der Waals surface area contributed by atoms with Gasteiger partial charge in [-0.1, -0.05) is 24.3 Å². The number of amides is 1. The van der Waals surface area contributed by atoms with Crippen molar-refractivity contribution in [2.75, 3.05) is 0 Å². The van der Waals surface area contributed by atoms with E-state index in [1.54, 1.807) is 6.20 Å². The summed E-state index contributed by atoms with van der Waals surface area (Å²) in [5, 5.41) is 0.825. The van der Waals surface area contributed by atoms with Crippen LogP contribution in [0.3, 0.4) is 0 Å². The lowest BCUT2D eigenvalue weighted by Gasteiger charge is -1.99. The molecule has 0 saturated carbocycles. The first-order valence-electron chi connectivity index (χ1n) is 5.59.